The Morgan fingerprint density at radius 1 is 1.47 bits per heavy atom. The van der Waals surface area contributed by atoms with E-state index in [1.165, 1.54) is 6.33 Å². The Hall–Kier alpha value is -0.140. The van der Waals surface area contributed by atoms with Crippen LogP contribution in [-0.4, -0.2) is 34.3 Å². The molecule has 2 heterocycles. The zero-order valence-corrected chi connectivity index (χ0v) is 12.1. The molecule has 1 saturated carbocycles. The molecule has 17 heavy (non-hydrogen) atoms. The second kappa shape index (κ2) is 4.51. The maximum atomic E-state index is 9.07. The largest absolute Gasteiger partial charge is 0.396 e. The molecule has 1 unspecified atom stereocenters. The summed E-state index contributed by atoms with van der Waals surface area (Å²) < 4.78 is 0.365. The van der Waals surface area contributed by atoms with Crippen molar-refractivity contribution in [3.8, 4) is 0 Å². The smallest absolute Gasteiger partial charge is 0.138 e. The van der Waals surface area contributed by atoms with E-state index in [9.17, 15) is 0 Å². The predicted octanol–water partition coefficient (Wildman–Crippen LogP) is 2.20. The van der Waals surface area contributed by atoms with Crippen LogP contribution in [0.4, 0.5) is 5.82 Å². The second-order valence-electron chi connectivity index (χ2n) is 4.70. The van der Waals surface area contributed by atoms with Crippen LogP contribution in [0.1, 0.15) is 22.3 Å². The van der Waals surface area contributed by atoms with Crippen molar-refractivity contribution < 1.29 is 5.11 Å². The first-order valence-electron chi connectivity index (χ1n) is 5.72. The number of anilines is 1. The first kappa shape index (κ1) is 11.9. The summed E-state index contributed by atoms with van der Waals surface area (Å²) in [6.07, 6.45) is 3.65. The Morgan fingerprint density at radius 2 is 2.24 bits per heavy atom. The molecular formula is C11H13ClIN3O. The SMILES string of the molecule is OC[C@H]1C[C@@H](N2CC(I)c3c(Cl)ncnc32)C1. The van der Waals surface area contributed by atoms with E-state index in [0.717, 1.165) is 30.8 Å². The number of nitrogens with zero attached hydrogens (tertiary/aromatic N) is 3. The average molecular weight is 366 g/mol. The molecule has 1 fully saturated rings. The highest BCUT2D eigenvalue weighted by Crippen LogP contribution is 2.46. The standard InChI is InChI=1S/C11H13ClIN3O/c12-10-9-8(13)3-16(11(9)15-5-14-10)7-1-6(2-7)4-17/h5-8,17H,1-4H2/t6-,7+,8?. The molecule has 0 aromatic carbocycles. The van der Waals surface area contributed by atoms with Crippen molar-refractivity contribution in [1.82, 2.24) is 9.97 Å². The maximum absolute atomic E-state index is 9.07. The predicted molar refractivity (Wildman–Crippen MR) is 74.7 cm³/mol. The molecule has 1 atom stereocenters. The van der Waals surface area contributed by atoms with Crippen molar-refractivity contribution in [3.05, 3.63) is 17.0 Å². The van der Waals surface area contributed by atoms with Crippen LogP contribution in [0.5, 0.6) is 0 Å². The fourth-order valence-corrected chi connectivity index (χ4v) is 4.08. The zero-order chi connectivity index (χ0) is 12.0. The molecule has 3 rings (SSSR count). The summed E-state index contributed by atoms with van der Waals surface area (Å²) >= 11 is 8.53. The second-order valence-corrected chi connectivity index (χ2v) is 6.56. The number of halogens is 2. The molecule has 0 radical (unpaired) electrons. The maximum Gasteiger partial charge on any atom is 0.138 e. The molecule has 1 aromatic heterocycles. The number of aliphatic hydroxyl groups excluding tert-OH is 1. The molecule has 92 valence electrons. The van der Waals surface area contributed by atoms with Gasteiger partial charge in [-0.05, 0) is 18.8 Å². The topological polar surface area (TPSA) is 49.2 Å². The van der Waals surface area contributed by atoms with Crippen LogP contribution in [0.2, 0.25) is 5.15 Å². The highest BCUT2D eigenvalue weighted by Gasteiger charge is 2.40. The summed E-state index contributed by atoms with van der Waals surface area (Å²) in [5.74, 6) is 1.46. The van der Waals surface area contributed by atoms with Crippen molar-refractivity contribution in [2.24, 2.45) is 5.92 Å². The van der Waals surface area contributed by atoms with E-state index in [2.05, 4.69) is 37.5 Å². The Morgan fingerprint density at radius 3 is 2.94 bits per heavy atom. The third-order valence-corrected chi connectivity index (χ3v) is 4.98. The fraction of sp³-hybridized carbons (Fsp3) is 0.636. The van der Waals surface area contributed by atoms with Crippen LogP contribution >= 0.6 is 34.2 Å². The van der Waals surface area contributed by atoms with E-state index >= 15 is 0 Å². The van der Waals surface area contributed by atoms with Gasteiger partial charge in [-0.1, -0.05) is 34.2 Å². The summed E-state index contributed by atoms with van der Waals surface area (Å²) in [4.78, 5) is 10.7. The lowest BCUT2D eigenvalue weighted by Crippen LogP contribution is -2.45. The van der Waals surface area contributed by atoms with Gasteiger partial charge in [0.15, 0.2) is 0 Å². The highest BCUT2D eigenvalue weighted by atomic mass is 127. The van der Waals surface area contributed by atoms with Crippen LogP contribution in [-0.2, 0) is 0 Å². The van der Waals surface area contributed by atoms with Gasteiger partial charge < -0.3 is 10.0 Å². The van der Waals surface area contributed by atoms with Gasteiger partial charge in [0.25, 0.3) is 0 Å². The molecule has 6 heteroatoms. The van der Waals surface area contributed by atoms with Gasteiger partial charge in [0.2, 0.25) is 0 Å². The Bertz CT molecular complexity index is 439. The zero-order valence-electron chi connectivity index (χ0n) is 9.18. The quantitative estimate of drug-likeness (QED) is 0.496. The van der Waals surface area contributed by atoms with Gasteiger partial charge >= 0.3 is 0 Å². The molecule has 2 aliphatic rings. The summed E-state index contributed by atoms with van der Waals surface area (Å²) in [6, 6.07) is 0.511. The number of alkyl halides is 1. The lowest BCUT2D eigenvalue weighted by molar-refractivity contribution is 0.140. The molecule has 1 aromatic rings. The molecule has 4 nitrogen and oxygen atoms in total. The highest BCUT2D eigenvalue weighted by molar-refractivity contribution is 14.1. The van der Waals surface area contributed by atoms with Crippen LogP contribution in [0.3, 0.4) is 0 Å². The van der Waals surface area contributed by atoms with E-state index in [4.69, 9.17) is 16.7 Å². The summed E-state index contributed by atoms with van der Waals surface area (Å²) in [5.41, 5.74) is 1.07. The number of hydrogen-bond acceptors (Lipinski definition) is 4. The minimum atomic E-state index is 0.301. The lowest BCUT2D eigenvalue weighted by Gasteiger charge is -2.41. The van der Waals surface area contributed by atoms with Crippen molar-refractivity contribution in [2.75, 3.05) is 18.1 Å². The monoisotopic (exact) mass is 365 g/mol. The van der Waals surface area contributed by atoms with Crippen molar-refractivity contribution in [3.63, 3.8) is 0 Å². The molecule has 1 aliphatic heterocycles. The van der Waals surface area contributed by atoms with Crippen LogP contribution < -0.4 is 4.90 Å². The Labute approximate surface area is 119 Å². The van der Waals surface area contributed by atoms with E-state index < -0.39 is 0 Å². The molecular weight excluding hydrogens is 352 g/mol. The number of hydrogen-bond donors (Lipinski definition) is 1. The first-order valence-corrected chi connectivity index (χ1v) is 7.35. The van der Waals surface area contributed by atoms with Crippen molar-refractivity contribution >= 4 is 40.0 Å². The minimum absolute atomic E-state index is 0.301. The van der Waals surface area contributed by atoms with E-state index in [0.29, 0.717) is 27.6 Å². The lowest BCUT2D eigenvalue weighted by atomic mass is 9.80. The van der Waals surface area contributed by atoms with Crippen LogP contribution in [0.25, 0.3) is 0 Å². The normalized spacial score (nSPS) is 31.2. The summed E-state index contributed by atoms with van der Waals surface area (Å²) in [7, 11) is 0. The molecule has 0 spiro atoms. The van der Waals surface area contributed by atoms with E-state index in [-0.39, 0.29) is 0 Å². The van der Waals surface area contributed by atoms with Gasteiger partial charge in [-0.25, -0.2) is 9.97 Å². The number of aliphatic hydroxyl groups is 1. The Kier molecular flexibility index (Phi) is 3.16. The molecule has 0 amide bonds. The van der Waals surface area contributed by atoms with Gasteiger partial charge in [0.1, 0.15) is 17.3 Å². The molecule has 1 N–H and O–H groups in total. The summed E-state index contributed by atoms with van der Waals surface area (Å²) in [6.45, 7) is 1.26. The number of aromatic nitrogens is 2. The number of rotatable bonds is 2. The Balaban J connectivity index is 1.85. The third-order valence-electron chi connectivity index (χ3n) is 3.67. The number of fused-ring (bicyclic) bond motifs is 1. The molecule has 1 aliphatic carbocycles. The fourth-order valence-electron chi connectivity index (χ4n) is 2.64. The van der Waals surface area contributed by atoms with Crippen LogP contribution in [0.15, 0.2) is 6.33 Å². The van der Waals surface area contributed by atoms with Crippen molar-refractivity contribution in [1.29, 1.82) is 0 Å². The van der Waals surface area contributed by atoms with E-state index in [1.54, 1.807) is 0 Å². The summed E-state index contributed by atoms with van der Waals surface area (Å²) in [5, 5.41) is 9.65. The van der Waals surface area contributed by atoms with Gasteiger partial charge in [-0.3, -0.25) is 0 Å². The molecule has 0 saturated heterocycles. The molecule has 0 bridgehead atoms. The average Bonchev–Trinajstić information content (AvgIpc) is 2.56. The van der Waals surface area contributed by atoms with Gasteiger partial charge in [0, 0.05) is 24.8 Å². The van der Waals surface area contributed by atoms with E-state index in [1.807, 2.05) is 0 Å². The minimum Gasteiger partial charge on any atom is -0.396 e. The third kappa shape index (κ3) is 1.92. The van der Waals surface area contributed by atoms with Gasteiger partial charge in [-0.15, -0.1) is 0 Å². The van der Waals surface area contributed by atoms with Crippen molar-refractivity contribution in [2.45, 2.75) is 22.8 Å². The van der Waals surface area contributed by atoms with Gasteiger partial charge in [0.05, 0.1) is 3.92 Å². The van der Waals surface area contributed by atoms with Gasteiger partial charge in [-0.2, -0.15) is 0 Å². The first-order chi connectivity index (χ1) is 8.20. The van der Waals surface area contributed by atoms with Crippen LogP contribution in [0, 0.1) is 5.92 Å².